The van der Waals surface area contributed by atoms with Gasteiger partial charge in [-0.2, -0.15) is 0 Å². The maximum atomic E-state index is 5.79. The minimum absolute atomic E-state index is 0.143. The van der Waals surface area contributed by atoms with Gasteiger partial charge in [0.15, 0.2) is 0 Å². The van der Waals surface area contributed by atoms with E-state index in [1.165, 1.54) is 20.3 Å². The van der Waals surface area contributed by atoms with Crippen LogP contribution in [0.4, 0.5) is 0 Å². The zero-order chi connectivity index (χ0) is 14.5. The normalized spacial score (nSPS) is 12.2. The minimum Gasteiger partial charge on any atom is -0.494 e. The third-order valence-corrected chi connectivity index (χ3v) is 4.26. The molecule has 0 aromatic heterocycles. The van der Waals surface area contributed by atoms with E-state index in [1.54, 1.807) is 0 Å². The molecule has 2 aromatic carbocycles. The first-order chi connectivity index (χ1) is 9.67. The third kappa shape index (κ3) is 3.33. The average molecular weight is 381 g/mol. The van der Waals surface area contributed by atoms with Crippen molar-refractivity contribution in [3.63, 3.8) is 0 Å². The predicted octanol–water partition coefficient (Wildman–Crippen LogP) is 4.31. The first-order valence-electron chi connectivity index (χ1n) is 6.82. The van der Waals surface area contributed by atoms with Crippen LogP contribution in [0.2, 0.25) is 0 Å². The van der Waals surface area contributed by atoms with Gasteiger partial charge in [-0.25, -0.2) is 0 Å². The summed E-state index contributed by atoms with van der Waals surface area (Å²) >= 11 is 2.39. The molecular weight excluding hydrogens is 361 g/mol. The molecule has 0 saturated heterocycles. The standard InChI is InChI=1S/C17H20INO/c1-4-20-16-10-9-12(2)11-14(16)17(19-3)13-7-5-6-8-15(13)18/h5-11,17,19H,4H2,1-3H3. The lowest BCUT2D eigenvalue weighted by atomic mass is 9.96. The Hall–Kier alpha value is -1.07. The second-order valence-electron chi connectivity index (χ2n) is 4.72. The molecule has 2 aromatic rings. The van der Waals surface area contributed by atoms with Crippen molar-refractivity contribution in [2.24, 2.45) is 0 Å². The summed E-state index contributed by atoms with van der Waals surface area (Å²) in [5, 5.41) is 3.42. The lowest BCUT2D eigenvalue weighted by molar-refractivity contribution is 0.334. The van der Waals surface area contributed by atoms with Crippen LogP contribution in [0.25, 0.3) is 0 Å². The smallest absolute Gasteiger partial charge is 0.124 e. The lowest BCUT2D eigenvalue weighted by Crippen LogP contribution is -2.20. The summed E-state index contributed by atoms with van der Waals surface area (Å²) in [6.45, 7) is 4.81. The zero-order valence-electron chi connectivity index (χ0n) is 12.1. The Balaban J connectivity index is 2.51. The van der Waals surface area contributed by atoms with Crippen LogP contribution in [0.5, 0.6) is 5.75 Å². The fourth-order valence-corrected chi connectivity index (χ4v) is 3.07. The van der Waals surface area contributed by atoms with Crippen LogP contribution >= 0.6 is 22.6 Å². The highest BCUT2D eigenvalue weighted by atomic mass is 127. The van der Waals surface area contributed by atoms with Crippen LogP contribution < -0.4 is 10.1 Å². The number of rotatable bonds is 5. The van der Waals surface area contributed by atoms with Crippen molar-refractivity contribution in [3.8, 4) is 5.75 Å². The van der Waals surface area contributed by atoms with Crippen LogP contribution in [-0.4, -0.2) is 13.7 Å². The molecule has 0 radical (unpaired) electrons. The van der Waals surface area contributed by atoms with E-state index in [0.29, 0.717) is 6.61 Å². The molecule has 0 bridgehead atoms. The maximum absolute atomic E-state index is 5.79. The van der Waals surface area contributed by atoms with Gasteiger partial charge in [-0.1, -0.05) is 35.9 Å². The monoisotopic (exact) mass is 381 g/mol. The van der Waals surface area contributed by atoms with Gasteiger partial charge in [0.05, 0.1) is 12.6 Å². The molecule has 1 N–H and O–H groups in total. The summed E-state index contributed by atoms with van der Waals surface area (Å²) in [7, 11) is 1.99. The quantitative estimate of drug-likeness (QED) is 0.780. The van der Waals surface area contributed by atoms with Gasteiger partial charge >= 0.3 is 0 Å². The number of halogens is 1. The van der Waals surface area contributed by atoms with Gasteiger partial charge in [0.25, 0.3) is 0 Å². The highest BCUT2D eigenvalue weighted by Crippen LogP contribution is 2.32. The Kier molecular flexibility index (Phi) is 5.43. The summed E-state index contributed by atoms with van der Waals surface area (Å²) in [5.74, 6) is 0.956. The van der Waals surface area contributed by atoms with Crippen molar-refractivity contribution >= 4 is 22.6 Å². The maximum Gasteiger partial charge on any atom is 0.124 e. The molecule has 0 fully saturated rings. The van der Waals surface area contributed by atoms with Crippen molar-refractivity contribution < 1.29 is 4.74 Å². The van der Waals surface area contributed by atoms with E-state index in [0.717, 1.165) is 5.75 Å². The van der Waals surface area contributed by atoms with E-state index in [1.807, 2.05) is 14.0 Å². The largest absolute Gasteiger partial charge is 0.494 e. The Morgan fingerprint density at radius 3 is 2.55 bits per heavy atom. The second-order valence-corrected chi connectivity index (χ2v) is 5.88. The molecule has 0 saturated carbocycles. The number of hydrogen-bond acceptors (Lipinski definition) is 2. The SMILES string of the molecule is CCOc1ccc(C)cc1C(NC)c1ccccc1I. The van der Waals surface area contributed by atoms with Gasteiger partial charge in [-0.15, -0.1) is 0 Å². The van der Waals surface area contributed by atoms with Crippen LogP contribution in [0.15, 0.2) is 42.5 Å². The Morgan fingerprint density at radius 2 is 1.90 bits per heavy atom. The van der Waals surface area contributed by atoms with Gasteiger partial charge < -0.3 is 10.1 Å². The second kappa shape index (κ2) is 7.09. The number of benzene rings is 2. The van der Waals surface area contributed by atoms with Crippen molar-refractivity contribution in [1.29, 1.82) is 0 Å². The molecule has 0 aliphatic rings. The Labute approximate surface area is 134 Å². The van der Waals surface area contributed by atoms with E-state index in [-0.39, 0.29) is 6.04 Å². The van der Waals surface area contributed by atoms with Crippen molar-refractivity contribution in [1.82, 2.24) is 5.32 Å². The molecule has 1 atom stereocenters. The third-order valence-electron chi connectivity index (χ3n) is 3.28. The molecule has 0 amide bonds. The van der Waals surface area contributed by atoms with E-state index in [4.69, 9.17) is 4.74 Å². The zero-order valence-corrected chi connectivity index (χ0v) is 14.3. The van der Waals surface area contributed by atoms with E-state index >= 15 is 0 Å². The van der Waals surface area contributed by atoms with Gasteiger partial charge in [0.2, 0.25) is 0 Å². The summed E-state index contributed by atoms with van der Waals surface area (Å²) < 4.78 is 7.05. The summed E-state index contributed by atoms with van der Waals surface area (Å²) in [6.07, 6.45) is 0. The van der Waals surface area contributed by atoms with E-state index in [2.05, 4.69) is 77.3 Å². The molecule has 0 aliphatic heterocycles. The fourth-order valence-electron chi connectivity index (χ4n) is 2.37. The molecule has 2 nitrogen and oxygen atoms in total. The molecule has 0 spiro atoms. The molecule has 106 valence electrons. The summed E-state index contributed by atoms with van der Waals surface area (Å²) in [4.78, 5) is 0. The molecule has 3 heteroatoms. The molecule has 1 unspecified atom stereocenters. The molecule has 0 heterocycles. The highest BCUT2D eigenvalue weighted by molar-refractivity contribution is 14.1. The number of aryl methyl sites for hydroxylation is 1. The lowest BCUT2D eigenvalue weighted by Gasteiger charge is -2.22. The van der Waals surface area contributed by atoms with Gasteiger partial charge in [0.1, 0.15) is 5.75 Å². The molecule has 0 aliphatic carbocycles. The van der Waals surface area contributed by atoms with Gasteiger partial charge in [0, 0.05) is 9.13 Å². The number of hydrogen-bond donors (Lipinski definition) is 1. The first kappa shape index (κ1) is 15.3. The topological polar surface area (TPSA) is 21.3 Å². The fraction of sp³-hybridized carbons (Fsp3) is 0.294. The number of ether oxygens (including phenoxy) is 1. The van der Waals surface area contributed by atoms with Crippen LogP contribution in [0.3, 0.4) is 0 Å². The van der Waals surface area contributed by atoms with Crippen molar-refractivity contribution in [3.05, 3.63) is 62.7 Å². The summed E-state index contributed by atoms with van der Waals surface area (Å²) in [6, 6.07) is 15.0. The summed E-state index contributed by atoms with van der Waals surface area (Å²) in [5.41, 5.74) is 3.72. The Bertz CT molecular complexity index is 583. The molecule has 20 heavy (non-hydrogen) atoms. The van der Waals surface area contributed by atoms with Gasteiger partial charge in [-0.05, 0) is 61.2 Å². The van der Waals surface area contributed by atoms with E-state index in [9.17, 15) is 0 Å². The van der Waals surface area contributed by atoms with Crippen LogP contribution in [-0.2, 0) is 0 Å². The Morgan fingerprint density at radius 1 is 1.15 bits per heavy atom. The molecule has 2 rings (SSSR count). The predicted molar refractivity (Wildman–Crippen MR) is 92.4 cm³/mol. The molecular formula is C17H20INO. The van der Waals surface area contributed by atoms with Crippen LogP contribution in [0, 0.1) is 10.5 Å². The average Bonchev–Trinajstić information content (AvgIpc) is 2.44. The van der Waals surface area contributed by atoms with Crippen LogP contribution in [0.1, 0.15) is 29.7 Å². The number of nitrogens with one attached hydrogen (secondary N) is 1. The first-order valence-corrected chi connectivity index (χ1v) is 7.90. The van der Waals surface area contributed by atoms with Crippen molar-refractivity contribution in [2.75, 3.05) is 13.7 Å². The van der Waals surface area contributed by atoms with E-state index < -0.39 is 0 Å². The minimum atomic E-state index is 0.143. The van der Waals surface area contributed by atoms with Gasteiger partial charge in [-0.3, -0.25) is 0 Å². The van der Waals surface area contributed by atoms with Crippen molar-refractivity contribution in [2.45, 2.75) is 19.9 Å². The highest BCUT2D eigenvalue weighted by Gasteiger charge is 2.18.